The number of aryl methyl sites for hydroxylation is 1. The molecule has 0 atom stereocenters. The summed E-state index contributed by atoms with van der Waals surface area (Å²) >= 11 is 0. The molecule has 2 fully saturated rings. The van der Waals surface area contributed by atoms with Crippen molar-refractivity contribution in [3.63, 3.8) is 0 Å². The Kier molecular flexibility index (Phi) is 4.95. The third-order valence-electron chi connectivity index (χ3n) is 5.30. The van der Waals surface area contributed by atoms with Crippen molar-refractivity contribution in [1.29, 1.82) is 0 Å². The van der Waals surface area contributed by atoms with Crippen molar-refractivity contribution in [3.8, 4) is 0 Å². The first-order valence-electron chi connectivity index (χ1n) is 10.1. The Bertz CT molecular complexity index is 1020. The lowest BCUT2D eigenvalue weighted by Crippen LogP contribution is -2.73. The molecular formula is C21H26N6O4. The van der Waals surface area contributed by atoms with Crippen molar-refractivity contribution in [2.75, 3.05) is 36.4 Å². The van der Waals surface area contributed by atoms with Gasteiger partial charge in [-0.3, -0.25) is 15.1 Å². The number of aromatic nitrogens is 2. The van der Waals surface area contributed by atoms with Gasteiger partial charge in [0.05, 0.1) is 4.92 Å². The van der Waals surface area contributed by atoms with E-state index in [0.717, 1.165) is 18.8 Å². The third kappa shape index (κ3) is 4.37. The van der Waals surface area contributed by atoms with Crippen molar-refractivity contribution < 1.29 is 14.5 Å². The fourth-order valence-corrected chi connectivity index (χ4v) is 3.96. The molecule has 0 saturated carbocycles. The molecule has 2 aromatic heterocycles. The van der Waals surface area contributed by atoms with Gasteiger partial charge in [-0.1, -0.05) is 0 Å². The molecule has 4 heterocycles. The smallest absolute Gasteiger partial charge is 0.410 e. The largest absolute Gasteiger partial charge is 0.444 e. The fourth-order valence-electron chi connectivity index (χ4n) is 3.96. The van der Waals surface area contributed by atoms with Gasteiger partial charge in [-0.05, 0) is 45.9 Å². The highest BCUT2D eigenvalue weighted by molar-refractivity contribution is 5.71. The highest BCUT2D eigenvalue weighted by atomic mass is 16.6. The second kappa shape index (κ2) is 7.36. The Balaban J connectivity index is 1.42. The number of anilines is 3. The van der Waals surface area contributed by atoms with Crippen LogP contribution in [-0.4, -0.2) is 57.7 Å². The molecule has 0 bridgehead atoms. The van der Waals surface area contributed by atoms with Crippen molar-refractivity contribution in [2.45, 2.75) is 33.3 Å². The van der Waals surface area contributed by atoms with Gasteiger partial charge in [-0.25, -0.2) is 9.78 Å². The van der Waals surface area contributed by atoms with Gasteiger partial charge in [0.1, 0.15) is 11.4 Å². The maximum Gasteiger partial charge on any atom is 0.410 e. The van der Waals surface area contributed by atoms with Gasteiger partial charge in [-0.2, -0.15) is 0 Å². The van der Waals surface area contributed by atoms with Crippen LogP contribution < -0.4 is 10.2 Å². The molecule has 1 N–H and O–H groups in total. The monoisotopic (exact) mass is 426 g/mol. The van der Waals surface area contributed by atoms with Crippen molar-refractivity contribution in [3.05, 3.63) is 46.3 Å². The van der Waals surface area contributed by atoms with E-state index in [1.165, 1.54) is 6.07 Å². The average molecular weight is 426 g/mol. The number of ether oxygens (including phenoxy) is 1. The number of carbonyl (C=O) groups excluding carboxylic acids is 1. The molecule has 4 rings (SSSR count). The molecule has 2 aliphatic rings. The van der Waals surface area contributed by atoms with Crippen LogP contribution >= 0.6 is 0 Å². The number of likely N-dealkylation sites (tertiary alicyclic amines) is 1. The Morgan fingerprint density at radius 2 is 1.94 bits per heavy atom. The highest BCUT2D eigenvalue weighted by Crippen LogP contribution is 2.42. The second-order valence-electron chi connectivity index (χ2n) is 9.30. The second-order valence-corrected chi connectivity index (χ2v) is 9.30. The topological polar surface area (TPSA) is 114 Å². The Labute approximate surface area is 180 Å². The zero-order valence-corrected chi connectivity index (χ0v) is 18.1. The van der Waals surface area contributed by atoms with E-state index in [2.05, 4.69) is 20.2 Å². The zero-order chi connectivity index (χ0) is 22.4. The number of nitro groups is 1. The number of hydrogen-bond acceptors (Lipinski definition) is 8. The van der Waals surface area contributed by atoms with Crippen LogP contribution in [0.5, 0.6) is 0 Å². The summed E-state index contributed by atoms with van der Waals surface area (Å²) in [5.74, 6) is 0.860. The van der Waals surface area contributed by atoms with E-state index in [0.29, 0.717) is 24.6 Å². The lowest BCUT2D eigenvalue weighted by atomic mass is 9.73. The fraction of sp³-hybridized carbons (Fsp3) is 0.476. The van der Waals surface area contributed by atoms with Gasteiger partial charge in [0.25, 0.3) is 0 Å². The van der Waals surface area contributed by atoms with Crippen LogP contribution in [0.3, 0.4) is 0 Å². The summed E-state index contributed by atoms with van der Waals surface area (Å²) in [7, 11) is 0. The highest BCUT2D eigenvalue weighted by Gasteiger charge is 2.54. The summed E-state index contributed by atoms with van der Waals surface area (Å²) in [5, 5.41) is 14.5. The Morgan fingerprint density at radius 3 is 2.55 bits per heavy atom. The summed E-state index contributed by atoms with van der Waals surface area (Å²) < 4.78 is 5.42. The molecule has 164 valence electrons. The quantitative estimate of drug-likeness (QED) is 0.584. The van der Waals surface area contributed by atoms with Crippen LogP contribution in [0.4, 0.5) is 27.8 Å². The summed E-state index contributed by atoms with van der Waals surface area (Å²) in [6.07, 6.45) is 1.35. The predicted molar refractivity (Wildman–Crippen MR) is 116 cm³/mol. The first kappa shape index (κ1) is 20.8. The van der Waals surface area contributed by atoms with E-state index in [1.807, 2.05) is 27.7 Å². The van der Waals surface area contributed by atoms with E-state index in [1.54, 1.807) is 29.3 Å². The molecule has 0 aromatic carbocycles. The number of rotatable bonds is 4. The van der Waals surface area contributed by atoms with Gasteiger partial charge in [0, 0.05) is 55.2 Å². The van der Waals surface area contributed by atoms with Gasteiger partial charge in [-0.15, -0.1) is 0 Å². The average Bonchev–Trinajstić information content (AvgIpc) is 2.57. The lowest BCUT2D eigenvalue weighted by molar-refractivity contribution is -0.384. The van der Waals surface area contributed by atoms with E-state index >= 15 is 0 Å². The molecule has 10 heteroatoms. The van der Waals surface area contributed by atoms with Crippen LogP contribution in [0.2, 0.25) is 0 Å². The number of nitrogens with zero attached hydrogens (tertiary/aromatic N) is 5. The molecule has 10 nitrogen and oxygen atoms in total. The van der Waals surface area contributed by atoms with Crippen LogP contribution in [0.25, 0.3) is 0 Å². The number of hydrogen-bond donors (Lipinski definition) is 1. The number of carbonyl (C=O) groups is 1. The summed E-state index contributed by atoms with van der Waals surface area (Å²) in [4.78, 5) is 35.6. The molecular weight excluding hydrogens is 400 g/mol. The van der Waals surface area contributed by atoms with Gasteiger partial charge in [0.2, 0.25) is 5.82 Å². The van der Waals surface area contributed by atoms with Crippen LogP contribution in [-0.2, 0) is 4.74 Å². The van der Waals surface area contributed by atoms with Gasteiger partial charge >= 0.3 is 11.8 Å². The molecule has 2 saturated heterocycles. The SMILES string of the molecule is Cc1cc(Nc2nc(N3CC4(CN(C(=O)OC(C)(C)C)C4)C3)ccc2[N+](=O)[O-])ccn1. The predicted octanol–water partition coefficient (Wildman–Crippen LogP) is 3.49. The maximum atomic E-state index is 12.2. The maximum absolute atomic E-state index is 12.2. The Morgan fingerprint density at radius 1 is 1.23 bits per heavy atom. The Hall–Kier alpha value is -3.43. The summed E-state index contributed by atoms with van der Waals surface area (Å²) in [6, 6.07) is 6.68. The minimum absolute atomic E-state index is 0.0379. The first-order valence-corrected chi connectivity index (χ1v) is 10.1. The molecule has 0 unspecified atom stereocenters. The molecule has 0 aliphatic carbocycles. The molecule has 1 amide bonds. The van der Waals surface area contributed by atoms with Crippen LogP contribution in [0.15, 0.2) is 30.5 Å². The van der Waals surface area contributed by atoms with E-state index in [4.69, 9.17) is 4.74 Å². The number of amides is 1. The van der Waals surface area contributed by atoms with E-state index in [9.17, 15) is 14.9 Å². The van der Waals surface area contributed by atoms with Gasteiger partial charge in [0.15, 0.2) is 0 Å². The molecule has 2 aromatic rings. The van der Waals surface area contributed by atoms with Crippen LogP contribution in [0.1, 0.15) is 26.5 Å². The first-order chi connectivity index (χ1) is 14.5. The number of nitrogens with one attached hydrogen (secondary N) is 1. The van der Waals surface area contributed by atoms with E-state index in [-0.39, 0.29) is 23.0 Å². The van der Waals surface area contributed by atoms with Crippen LogP contribution in [0, 0.1) is 22.5 Å². The lowest BCUT2D eigenvalue weighted by Gasteiger charge is -2.60. The molecule has 2 aliphatic heterocycles. The van der Waals surface area contributed by atoms with E-state index < -0.39 is 10.5 Å². The minimum atomic E-state index is -0.509. The van der Waals surface area contributed by atoms with Gasteiger partial charge < -0.3 is 19.9 Å². The third-order valence-corrected chi connectivity index (χ3v) is 5.30. The molecule has 1 spiro atoms. The van der Waals surface area contributed by atoms with Crippen molar-refractivity contribution >= 4 is 29.1 Å². The van der Waals surface area contributed by atoms with Crippen molar-refractivity contribution in [1.82, 2.24) is 14.9 Å². The zero-order valence-electron chi connectivity index (χ0n) is 18.1. The standard InChI is InChI=1S/C21H26N6O4/c1-14-9-15(7-8-22-14)23-18-16(27(29)30)5-6-17(24-18)25-10-21(11-25)12-26(13-21)19(28)31-20(2,3)4/h5-9H,10-13H2,1-4H3,(H,22,23,24). The minimum Gasteiger partial charge on any atom is -0.444 e. The summed E-state index contributed by atoms with van der Waals surface area (Å²) in [6.45, 7) is 10.2. The summed E-state index contributed by atoms with van der Waals surface area (Å²) in [5.41, 5.74) is 0.926. The molecule has 0 radical (unpaired) electrons. The number of pyridine rings is 2. The normalized spacial score (nSPS) is 17.0. The molecule has 31 heavy (non-hydrogen) atoms. The van der Waals surface area contributed by atoms with Crippen molar-refractivity contribution in [2.24, 2.45) is 5.41 Å².